The minimum atomic E-state index is -1.18. The fraction of sp³-hybridized carbons (Fsp3) is 0.667. The molecule has 4 atom stereocenters. The molecule has 2 saturated heterocycles. The van der Waals surface area contributed by atoms with Gasteiger partial charge in [0.2, 0.25) is 17.7 Å². The fourth-order valence-corrected chi connectivity index (χ4v) is 4.26. The maximum atomic E-state index is 13.0. The van der Waals surface area contributed by atoms with Gasteiger partial charge in [0.05, 0.1) is 12.4 Å². The van der Waals surface area contributed by atoms with Crippen molar-refractivity contribution >= 4 is 23.7 Å². The molecule has 5 N–H and O–H groups in total. The lowest BCUT2D eigenvalue weighted by Gasteiger charge is -2.29. The van der Waals surface area contributed by atoms with Crippen LogP contribution in [0.15, 0.2) is 12.5 Å². The van der Waals surface area contributed by atoms with Gasteiger partial charge in [-0.2, -0.15) is 0 Å². The van der Waals surface area contributed by atoms with E-state index >= 15 is 0 Å². The molecule has 0 radical (unpaired) electrons. The number of carboxylic acid groups (broad SMARTS) is 1. The summed E-state index contributed by atoms with van der Waals surface area (Å²) < 4.78 is 0. The van der Waals surface area contributed by atoms with Gasteiger partial charge in [0.15, 0.2) is 0 Å². The Morgan fingerprint density at radius 2 is 2.00 bits per heavy atom. The van der Waals surface area contributed by atoms with Crippen LogP contribution < -0.4 is 16.0 Å². The third-order valence-electron chi connectivity index (χ3n) is 6.04. The van der Waals surface area contributed by atoms with Crippen LogP contribution in [0.3, 0.4) is 0 Å². The molecule has 0 bridgehead atoms. The van der Waals surface area contributed by atoms with Crippen LogP contribution in [-0.2, 0) is 25.6 Å². The van der Waals surface area contributed by atoms with Gasteiger partial charge in [-0.1, -0.05) is 13.8 Å². The number of nitrogens with zero attached hydrogens (tertiary/aromatic N) is 2. The Labute approximate surface area is 186 Å². The first-order valence-electron chi connectivity index (χ1n) is 11.1. The summed E-state index contributed by atoms with van der Waals surface area (Å²) in [7, 11) is 0. The van der Waals surface area contributed by atoms with Gasteiger partial charge in [-0.05, 0) is 38.1 Å². The monoisotopic (exact) mass is 448 g/mol. The lowest BCUT2D eigenvalue weighted by atomic mass is 10.0. The molecule has 2 aliphatic heterocycles. The Kier molecular flexibility index (Phi) is 7.84. The smallest absolute Gasteiger partial charge is 0.326 e. The van der Waals surface area contributed by atoms with Crippen molar-refractivity contribution in [3.8, 4) is 0 Å². The molecule has 0 aliphatic carbocycles. The van der Waals surface area contributed by atoms with Crippen molar-refractivity contribution in [3.63, 3.8) is 0 Å². The molecule has 11 heteroatoms. The molecule has 0 aromatic carbocycles. The number of carbonyl (C=O) groups is 4. The number of likely N-dealkylation sites (tertiary alicyclic amines) is 1. The number of H-pyrrole nitrogens is 1. The zero-order chi connectivity index (χ0) is 23.3. The van der Waals surface area contributed by atoms with Crippen LogP contribution >= 0.6 is 0 Å². The summed E-state index contributed by atoms with van der Waals surface area (Å²) in [4.78, 5) is 58.7. The zero-order valence-electron chi connectivity index (χ0n) is 18.5. The van der Waals surface area contributed by atoms with Crippen LogP contribution in [0.25, 0.3) is 0 Å². The highest BCUT2D eigenvalue weighted by Gasteiger charge is 2.39. The Hall–Kier alpha value is -2.95. The average molecular weight is 449 g/mol. The van der Waals surface area contributed by atoms with E-state index in [0.717, 1.165) is 25.8 Å². The van der Waals surface area contributed by atoms with Gasteiger partial charge in [0.25, 0.3) is 0 Å². The number of carboxylic acids is 1. The highest BCUT2D eigenvalue weighted by Crippen LogP contribution is 2.21. The highest BCUT2D eigenvalue weighted by atomic mass is 16.4. The summed E-state index contributed by atoms with van der Waals surface area (Å²) in [5, 5.41) is 18.0. The predicted octanol–water partition coefficient (Wildman–Crippen LogP) is -0.595. The lowest BCUT2D eigenvalue weighted by Crippen LogP contribution is -2.58. The van der Waals surface area contributed by atoms with E-state index < -0.39 is 30.0 Å². The van der Waals surface area contributed by atoms with Crippen LogP contribution in [0.5, 0.6) is 0 Å². The van der Waals surface area contributed by atoms with E-state index in [9.17, 15) is 24.3 Å². The Balaban J connectivity index is 1.64. The van der Waals surface area contributed by atoms with Crippen molar-refractivity contribution in [2.45, 2.75) is 70.1 Å². The van der Waals surface area contributed by atoms with Gasteiger partial charge >= 0.3 is 5.97 Å². The third-order valence-corrected chi connectivity index (χ3v) is 6.04. The molecule has 3 amide bonds. The molecule has 2 fully saturated rings. The molecule has 1 aromatic heterocycles. The Bertz CT molecular complexity index is 821. The van der Waals surface area contributed by atoms with Gasteiger partial charge in [-0.15, -0.1) is 0 Å². The fourth-order valence-electron chi connectivity index (χ4n) is 4.26. The Morgan fingerprint density at radius 3 is 2.59 bits per heavy atom. The first-order chi connectivity index (χ1) is 15.3. The van der Waals surface area contributed by atoms with E-state index in [2.05, 4.69) is 25.9 Å². The number of nitrogens with one attached hydrogen (secondary N) is 4. The van der Waals surface area contributed by atoms with Crippen molar-refractivity contribution in [1.82, 2.24) is 30.8 Å². The van der Waals surface area contributed by atoms with Crippen molar-refractivity contribution in [3.05, 3.63) is 18.2 Å². The van der Waals surface area contributed by atoms with Crippen LogP contribution in [0.4, 0.5) is 0 Å². The second-order valence-electron chi connectivity index (χ2n) is 8.75. The number of carbonyl (C=O) groups excluding carboxylic acids is 3. The lowest BCUT2D eigenvalue weighted by molar-refractivity contribution is -0.143. The van der Waals surface area contributed by atoms with Gasteiger partial charge in [-0.3, -0.25) is 14.4 Å². The Morgan fingerprint density at radius 1 is 1.22 bits per heavy atom. The van der Waals surface area contributed by atoms with E-state index in [0.29, 0.717) is 18.7 Å². The maximum Gasteiger partial charge on any atom is 0.326 e. The first-order valence-corrected chi connectivity index (χ1v) is 11.1. The molecule has 3 heterocycles. The number of rotatable bonds is 9. The van der Waals surface area contributed by atoms with Gasteiger partial charge < -0.3 is 30.9 Å². The molecule has 32 heavy (non-hydrogen) atoms. The van der Waals surface area contributed by atoms with E-state index in [1.165, 1.54) is 12.5 Å². The average Bonchev–Trinajstić information content (AvgIpc) is 3.52. The van der Waals surface area contributed by atoms with Crippen molar-refractivity contribution in [2.75, 3.05) is 13.1 Å². The topological polar surface area (TPSA) is 157 Å². The summed E-state index contributed by atoms with van der Waals surface area (Å²) in [6, 6.07) is -2.97. The predicted molar refractivity (Wildman–Crippen MR) is 114 cm³/mol. The van der Waals surface area contributed by atoms with Gasteiger partial charge in [0.1, 0.15) is 18.1 Å². The normalized spacial score (nSPS) is 22.5. The molecular weight excluding hydrogens is 416 g/mol. The van der Waals surface area contributed by atoms with Gasteiger partial charge in [-0.25, -0.2) is 9.78 Å². The van der Waals surface area contributed by atoms with E-state index in [1.54, 1.807) is 18.7 Å². The van der Waals surface area contributed by atoms with Crippen LogP contribution in [0.2, 0.25) is 0 Å². The number of hydrogen-bond acceptors (Lipinski definition) is 6. The second-order valence-corrected chi connectivity index (χ2v) is 8.75. The number of hydrogen-bond donors (Lipinski definition) is 5. The molecule has 2 aliphatic rings. The summed E-state index contributed by atoms with van der Waals surface area (Å²) in [6.07, 6.45) is 5.92. The van der Waals surface area contributed by atoms with E-state index in [4.69, 9.17) is 0 Å². The molecular formula is C21H32N6O5. The number of aliphatic carboxylic acids is 1. The summed E-state index contributed by atoms with van der Waals surface area (Å²) >= 11 is 0. The molecule has 4 unspecified atom stereocenters. The van der Waals surface area contributed by atoms with Crippen LogP contribution in [0.1, 0.15) is 45.2 Å². The second kappa shape index (κ2) is 10.6. The SMILES string of the molecule is CC(C)C(NC(=O)C1CCCN1C(=O)C1CCCN1)C(=O)NC(Cc1cnc[nH]1)C(=O)O. The van der Waals surface area contributed by atoms with Crippen LogP contribution in [0, 0.1) is 5.92 Å². The summed E-state index contributed by atoms with van der Waals surface area (Å²) in [5.41, 5.74) is 0.573. The summed E-state index contributed by atoms with van der Waals surface area (Å²) in [6.45, 7) is 4.85. The molecule has 0 spiro atoms. The quantitative estimate of drug-likeness (QED) is 0.338. The number of aromatic amines is 1. The van der Waals surface area contributed by atoms with Gasteiger partial charge in [0, 0.05) is 24.9 Å². The number of imidazole rings is 1. The summed E-state index contributed by atoms with van der Waals surface area (Å²) in [5.74, 6) is -2.49. The molecule has 1 aromatic rings. The first kappa shape index (κ1) is 23.7. The van der Waals surface area contributed by atoms with Crippen LogP contribution in [-0.4, -0.2) is 80.9 Å². The maximum absolute atomic E-state index is 13.0. The van der Waals surface area contributed by atoms with E-state index in [1.807, 2.05) is 0 Å². The number of amides is 3. The van der Waals surface area contributed by atoms with Crippen molar-refractivity contribution in [2.24, 2.45) is 5.92 Å². The van der Waals surface area contributed by atoms with Crippen molar-refractivity contribution in [1.29, 1.82) is 0 Å². The van der Waals surface area contributed by atoms with E-state index in [-0.39, 0.29) is 30.2 Å². The molecule has 3 rings (SSSR count). The zero-order valence-corrected chi connectivity index (χ0v) is 18.5. The highest BCUT2D eigenvalue weighted by molar-refractivity contribution is 5.94. The minimum Gasteiger partial charge on any atom is -0.480 e. The molecule has 0 saturated carbocycles. The number of aromatic nitrogens is 2. The standard InChI is InChI=1S/C21H32N6O5/c1-12(2)17(19(29)25-15(21(31)32)9-13-10-22-11-24-13)26-18(28)16-6-4-8-27(16)20(30)14-5-3-7-23-14/h10-12,14-17,23H,3-9H2,1-2H3,(H,22,24)(H,25,29)(H,26,28)(H,31,32). The molecule has 176 valence electrons. The van der Waals surface area contributed by atoms with Crippen molar-refractivity contribution < 1.29 is 24.3 Å². The molecule has 11 nitrogen and oxygen atoms in total. The largest absolute Gasteiger partial charge is 0.480 e. The minimum absolute atomic E-state index is 0.0408. The third kappa shape index (κ3) is 5.64.